The molecule has 0 spiro atoms. The monoisotopic (exact) mass is 207 g/mol. The van der Waals surface area contributed by atoms with Gasteiger partial charge in [0.1, 0.15) is 6.04 Å². The van der Waals surface area contributed by atoms with Crippen molar-refractivity contribution in [1.82, 2.24) is 10.3 Å². The average molecular weight is 207 g/mol. The molecule has 80 valence electrons. The first-order chi connectivity index (χ1) is 7.36. The molecule has 0 bridgehead atoms. The summed E-state index contributed by atoms with van der Waals surface area (Å²) < 4.78 is 5.20. The lowest BCUT2D eigenvalue weighted by Gasteiger charge is -2.22. The standard InChI is InChI=1S/C10H13N3O2/c14-10(9-7-15-5-4-12-9)13-8-2-1-3-11-6-8/h1-3,6,9,12H,4-5,7H2,(H,13,14). The minimum Gasteiger partial charge on any atom is -0.378 e. The van der Waals surface area contributed by atoms with Gasteiger partial charge in [-0.1, -0.05) is 0 Å². The molecule has 1 aliphatic rings. The molecule has 1 saturated heterocycles. The summed E-state index contributed by atoms with van der Waals surface area (Å²) in [5, 5.41) is 5.85. The molecular formula is C10H13N3O2. The van der Waals surface area contributed by atoms with Gasteiger partial charge < -0.3 is 15.4 Å². The van der Waals surface area contributed by atoms with Crippen molar-refractivity contribution in [2.75, 3.05) is 25.1 Å². The van der Waals surface area contributed by atoms with Crippen molar-refractivity contribution in [3.63, 3.8) is 0 Å². The highest BCUT2D eigenvalue weighted by molar-refractivity contribution is 5.94. The van der Waals surface area contributed by atoms with Crippen LogP contribution in [0.1, 0.15) is 0 Å². The molecule has 0 radical (unpaired) electrons. The summed E-state index contributed by atoms with van der Waals surface area (Å²) in [5.74, 6) is -0.0808. The van der Waals surface area contributed by atoms with E-state index in [1.807, 2.05) is 0 Å². The molecular weight excluding hydrogens is 194 g/mol. The number of nitrogens with one attached hydrogen (secondary N) is 2. The van der Waals surface area contributed by atoms with Gasteiger partial charge in [0.25, 0.3) is 0 Å². The van der Waals surface area contributed by atoms with Crippen molar-refractivity contribution in [2.45, 2.75) is 6.04 Å². The first-order valence-corrected chi connectivity index (χ1v) is 4.88. The lowest BCUT2D eigenvalue weighted by molar-refractivity contribution is -0.120. The first-order valence-electron chi connectivity index (χ1n) is 4.88. The number of pyridine rings is 1. The Labute approximate surface area is 87.8 Å². The summed E-state index contributed by atoms with van der Waals surface area (Å²) >= 11 is 0. The van der Waals surface area contributed by atoms with Crippen LogP contribution in [0.15, 0.2) is 24.5 Å². The van der Waals surface area contributed by atoms with Gasteiger partial charge in [0.2, 0.25) is 5.91 Å². The van der Waals surface area contributed by atoms with Gasteiger partial charge in [-0.25, -0.2) is 0 Å². The van der Waals surface area contributed by atoms with Crippen LogP contribution in [0.4, 0.5) is 5.69 Å². The van der Waals surface area contributed by atoms with Gasteiger partial charge in [-0.2, -0.15) is 0 Å². The average Bonchev–Trinajstić information content (AvgIpc) is 2.31. The summed E-state index contributed by atoms with van der Waals surface area (Å²) in [4.78, 5) is 15.6. The zero-order valence-electron chi connectivity index (χ0n) is 8.27. The van der Waals surface area contributed by atoms with Crippen LogP contribution in [0.25, 0.3) is 0 Å². The number of carbonyl (C=O) groups is 1. The normalized spacial score (nSPS) is 20.9. The zero-order valence-corrected chi connectivity index (χ0v) is 8.27. The molecule has 2 N–H and O–H groups in total. The van der Waals surface area contributed by atoms with Crippen molar-refractivity contribution in [3.05, 3.63) is 24.5 Å². The molecule has 1 amide bonds. The van der Waals surface area contributed by atoms with Crippen LogP contribution >= 0.6 is 0 Å². The van der Waals surface area contributed by atoms with E-state index in [1.54, 1.807) is 24.5 Å². The van der Waals surface area contributed by atoms with Crippen molar-refractivity contribution >= 4 is 11.6 Å². The van der Waals surface area contributed by atoms with Crippen molar-refractivity contribution in [3.8, 4) is 0 Å². The van der Waals surface area contributed by atoms with Crippen LogP contribution in [0.2, 0.25) is 0 Å². The Morgan fingerprint density at radius 2 is 2.60 bits per heavy atom. The summed E-state index contributed by atoms with van der Waals surface area (Å²) in [7, 11) is 0. The third-order valence-electron chi connectivity index (χ3n) is 2.17. The fourth-order valence-electron chi connectivity index (χ4n) is 1.40. The Balaban J connectivity index is 1.91. The second-order valence-corrected chi connectivity index (χ2v) is 3.31. The number of nitrogens with zero attached hydrogens (tertiary/aromatic N) is 1. The maximum atomic E-state index is 11.7. The van der Waals surface area contributed by atoms with E-state index in [0.29, 0.717) is 25.4 Å². The van der Waals surface area contributed by atoms with Crippen LogP contribution in [-0.4, -0.2) is 36.7 Å². The second kappa shape index (κ2) is 4.86. The highest BCUT2D eigenvalue weighted by Gasteiger charge is 2.20. The Morgan fingerprint density at radius 1 is 1.67 bits per heavy atom. The molecule has 1 atom stereocenters. The highest BCUT2D eigenvalue weighted by atomic mass is 16.5. The van der Waals surface area contributed by atoms with Gasteiger partial charge in [0.05, 0.1) is 25.1 Å². The number of ether oxygens (including phenoxy) is 1. The highest BCUT2D eigenvalue weighted by Crippen LogP contribution is 2.04. The molecule has 1 aromatic heterocycles. The van der Waals surface area contributed by atoms with Crippen LogP contribution < -0.4 is 10.6 Å². The van der Waals surface area contributed by atoms with Gasteiger partial charge in [-0.3, -0.25) is 9.78 Å². The number of rotatable bonds is 2. The third kappa shape index (κ3) is 2.74. The summed E-state index contributed by atoms with van der Waals surface area (Å²) in [5.41, 5.74) is 0.704. The van der Waals surface area contributed by atoms with E-state index >= 15 is 0 Å². The lowest BCUT2D eigenvalue weighted by Crippen LogP contribution is -2.48. The molecule has 15 heavy (non-hydrogen) atoms. The molecule has 1 aromatic rings. The zero-order chi connectivity index (χ0) is 10.5. The van der Waals surface area contributed by atoms with Crippen LogP contribution in [0.5, 0.6) is 0 Å². The Hall–Kier alpha value is -1.46. The second-order valence-electron chi connectivity index (χ2n) is 3.31. The van der Waals surface area contributed by atoms with Crippen molar-refractivity contribution < 1.29 is 9.53 Å². The maximum Gasteiger partial charge on any atom is 0.243 e. The molecule has 5 nitrogen and oxygen atoms in total. The van der Waals surface area contributed by atoms with E-state index < -0.39 is 0 Å². The van der Waals surface area contributed by atoms with E-state index in [9.17, 15) is 4.79 Å². The number of amides is 1. The van der Waals surface area contributed by atoms with E-state index in [1.165, 1.54) is 0 Å². The fraction of sp³-hybridized carbons (Fsp3) is 0.400. The van der Waals surface area contributed by atoms with Crippen molar-refractivity contribution in [1.29, 1.82) is 0 Å². The maximum absolute atomic E-state index is 11.7. The number of anilines is 1. The van der Waals surface area contributed by atoms with Crippen LogP contribution in [-0.2, 0) is 9.53 Å². The fourth-order valence-corrected chi connectivity index (χ4v) is 1.40. The predicted octanol–water partition coefficient (Wildman–Crippen LogP) is 0.00850. The van der Waals surface area contributed by atoms with Gasteiger partial charge in [-0.15, -0.1) is 0 Å². The van der Waals surface area contributed by atoms with E-state index in [0.717, 1.165) is 0 Å². The molecule has 0 saturated carbocycles. The van der Waals surface area contributed by atoms with Gasteiger partial charge >= 0.3 is 0 Å². The molecule has 1 aliphatic heterocycles. The summed E-state index contributed by atoms with van der Waals surface area (Å²) in [6, 6.07) is 3.31. The number of carbonyl (C=O) groups excluding carboxylic acids is 1. The largest absolute Gasteiger partial charge is 0.378 e. The first kappa shape index (κ1) is 10.1. The Morgan fingerprint density at radius 3 is 3.27 bits per heavy atom. The van der Waals surface area contributed by atoms with E-state index in [2.05, 4.69) is 15.6 Å². The van der Waals surface area contributed by atoms with Gasteiger partial charge in [0.15, 0.2) is 0 Å². The number of hydrogen-bond donors (Lipinski definition) is 2. The third-order valence-corrected chi connectivity index (χ3v) is 2.17. The summed E-state index contributed by atoms with van der Waals surface area (Å²) in [6.07, 6.45) is 3.28. The van der Waals surface area contributed by atoms with E-state index in [4.69, 9.17) is 4.74 Å². The minimum absolute atomic E-state index is 0.0808. The number of morpholine rings is 1. The molecule has 0 aliphatic carbocycles. The topological polar surface area (TPSA) is 63.2 Å². The molecule has 1 unspecified atom stereocenters. The molecule has 2 heterocycles. The molecule has 0 aromatic carbocycles. The number of aromatic nitrogens is 1. The van der Waals surface area contributed by atoms with Gasteiger partial charge in [0, 0.05) is 12.7 Å². The lowest BCUT2D eigenvalue weighted by atomic mass is 10.2. The van der Waals surface area contributed by atoms with E-state index in [-0.39, 0.29) is 11.9 Å². The van der Waals surface area contributed by atoms with Crippen molar-refractivity contribution in [2.24, 2.45) is 0 Å². The predicted molar refractivity (Wildman–Crippen MR) is 55.5 cm³/mol. The molecule has 5 heteroatoms. The smallest absolute Gasteiger partial charge is 0.243 e. The molecule has 2 rings (SSSR count). The minimum atomic E-state index is -0.265. The Bertz CT molecular complexity index is 323. The van der Waals surface area contributed by atoms with Crippen LogP contribution in [0.3, 0.4) is 0 Å². The number of hydrogen-bond acceptors (Lipinski definition) is 4. The SMILES string of the molecule is O=C(Nc1cccnc1)C1COCCN1. The Kier molecular flexibility index (Phi) is 3.26. The summed E-state index contributed by atoms with van der Waals surface area (Å²) in [6.45, 7) is 1.80. The quantitative estimate of drug-likeness (QED) is 0.717. The van der Waals surface area contributed by atoms with Gasteiger partial charge in [-0.05, 0) is 12.1 Å². The van der Waals surface area contributed by atoms with Crippen LogP contribution in [0, 0.1) is 0 Å². The molecule has 1 fully saturated rings.